The summed E-state index contributed by atoms with van der Waals surface area (Å²) in [5.41, 5.74) is 6.83. The number of carboxylic acids is 1. The maximum atomic E-state index is 12.8. The molecule has 0 saturated carbocycles. The average molecular weight is 439 g/mol. The molecule has 2 rings (SSSR count). The maximum Gasteiger partial charge on any atom is 0.322 e. The molecule has 164 valence electrons. The number of nitrogens with two attached hydrogens (primary N) is 1. The summed E-state index contributed by atoms with van der Waals surface area (Å²) in [5.74, 6) is -2.68. The normalized spacial score (nSPS) is 17.8. The van der Waals surface area contributed by atoms with Gasteiger partial charge in [0.25, 0.3) is 0 Å². The second-order valence-electron chi connectivity index (χ2n) is 7.02. The van der Waals surface area contributed by atoms with Crippen molar-refractivity contribution in [1.82, 2.24) is 15.5 Å². The van der Waals surface area contributed by atoms with Crippen molar-refractivity contribution in [2.24, 2.45) is 5.73 Å². The van der Waals surface area contributed by atoms with Crippen LogP contribution in [0.25, 0.3) is 0 Å². The summed E-state index contributed by atoms with van der Waals surface area (Å²) in [4.78, 5) is 49.5. The van der Waals surface area contributed by atoms with E-state index in [1.54, 1.807) is 12.1 Å². The van der Waals surface area contributed by atoms with Crippen LogP contribution in [0.5, 0.6) is 5.75 Å². The monoisotopic (exact) mass is 438 g/mol. The van der Waals surface area contributed by atoms with E-state index in [0.717, 1.165) is 5.56 Å². The Labute approximate surface area is 179 Å². The van der Waals surface area contributed by atoms with Gasteiger partial charge in [-0.05, 0) is 37.0 Å². The number of aromatic hydroxyl groups is 1. The lowest BCUT2D eigenvalue weighted by Gasteiger charge is -2.28. The molecule has 0 spiro atoms. The fourth-order valence-corrected chi connectivity index (χ4v) is 3.49. The number of nitrogens with one attached hydrogen (secondary N) is 2. The number of hydrogen-bond donors (Lipinski definition) is 6. The van der Waals surface area contributed by atoms with Crippen molar-refractivity contribution >= 4 is 36.3 Å². The third-order valence-electron chi connectivity index (χ3n) is 4.78. The van der Waals surface area contributed by atoms with Gasteiger partial charge in [-0.15, -0.1) is 0 Å². The highest BCUT2D eigenvalue weighted by atomic mass is 32.1. The largest absolute Gasteiger partial charge is 0.508 e. The van der Waals surface area contributed by atoms with Gasteiger partial charge in [0.1, 0.15) is 24.4 Å². The molecule has 1 aromatic carbocycles. The number of amides is 3. The molecular weight excluding hydrogens is 412 g/mol. The molecule has 1 aliphatic heterocycles. The number of rotatable bonds is 9. The van der Waals surface area contributed by atoms with Crippen LogP contribution in [0.4, 0.5) is 0 Å². The number of benzene rings is 1. The number of carboxylic acid groups (broad SMARTS) is 1. The van der Waals surface area contributed by atoms with Gasteiger partial charge >= 0.3 is 5.97 Å². The van der Waals surface area contributed by atoms with E-state index < -0.39 is 42.5 Å². The fourth-order valence-electron chi connectivity index (χ4n) is 3.24. The highest BCUT2D eigenvalue weighted by molar-refractivity contribution is 7.80. The zero-order chi connectivity index (χ0) is 22.3. The van der Waals surface area contributed by atoms with Crippen molar-refractivity contribution in [3.8, 4) is 5.75 Å². The number of phenols is 1. The lowest BCUT2D eigenvalue weighted by molar-refractivity contribution is -0.140. The van der Waals surface area contributed by atoms with Crippen LogP contribution in [0.1, 0.15) is 18.4 Å². The van der Waals surface area contributed by atoms with E-state index in [4.69, 9.17) is 10.8 Å². The van der Waals surface area contributed by atoms with Crippen LogP contribution < -0.4 is 16.4 Å². The fraction of sp³-hybridized carbons (Fsp3) is 0.474. The van der Waals surface area contributed by atoms with Crippen LogP contribution in [-0.4, -0.2) is 75.8 Å². The van der Waals surface area contributed by atoms with Gasteiger partial charge in [0, 0.05) is 12.3 Å². The van der Waals surface area contributed by atoms with Crippen molar-refractivity contribution in [2.75, 3.05) is 18.8 Å². The van der Waals surface area contributed by atoms with E-state index in [1.165, 1.54) is 17.0 Å². The number of carbonyl (C=O) groups is 4. The molecule has 1 aromatic rings. The zero-order valence-corrected chi connectivity index (χ0v) is 17.2. The summed E-state index contributed by atoms with van der Waals surface area (Å²) >= 11 is 4.03. The summed E-state index contributed by atoms with van der Waals surface area (Å²) in [5, 5.41) is 22.7. The topological polar surface area (TPSA) is 162 Å². The molecule has 11 heteroatoms. The van der Waals surface area contributed by atoms with Gasteiger partial charge < -0.3 is 31.5 Å². The molecule has 1 heterocycles. The van der Waals surface area contributed by atoms with Gasteiger partial charge in [0.2, 0.25) is 17.7 Å². The lowest BCUT2D eigenvalue weighted by atomic mass is 10.0. The van der Waals surface area contributed by atoms with Crippen molar-refractivity contribution in [2.45, 2.75) is 37.4 Å². The maximum absolute atomic E-state index is 12.8. The molecule has 0 bridgehead atoms. The minimum atomic E-state index is -1.21. The molecular formula is C19H26N4O6S. The van der Waals surface area contributed by atoms with Crippen molar-refractivity contribution in [3.05, 3.63) is 29.8 Å². The molecule has 1 saturated heterocycles. The van der Waals surface area contributed by atoms with Gasteiger partial charge in [-0.3, -0.25) is 19.2 Å². The van der Waals surface area contributed by atoms with Crippen LogP contribution in [0.3, 0.4) is 0 Å². The molecule has 6 N–H and O–H groups in total. The number of likely N-dealkylation sites (tertiary alicyclic amines) is 1. The SMILES string of the molecule is NC(Cc1ccc(O)cc1)C(=O)N1CCCC1C(=O)NC(CS)C(=O)NCC(=O)O. The predicted molar refractivity (Wildman–Crippen MR) is 111 cm³/mol. The highest BCUT2D eigenvalue weighted by Crippen LogP contribution is 2.20. The van der Waals surface area contributed by atoms with E-state index in [0.29, 0.717) is 19.4 Å². The summed E-state index contributed by atoms with van der Waals surface area (Å²) < 4.78 is 0. The number of aliphatic carboxylic acids is 1. The standard InChI is InChI=1S/C19H26N4O6S/c20-13(8-11-3-5-12(24)6-4-11)19(29)23-7-1-2-15(23)18(28)22-14(10-30)17(27)21-9-16(25)26/h3-6,13-15,24,30H,1-2,7-10,20H2,(H,21,27)(H,22,28)(H,25,26). The second kappa shape index (κ2) is 10.8. The first kappa shape index (κ1) is 23.5. The average Bonchev–Trinajstić information content (AvgIpc) is 3.21. The second-order valence-corrected chi connectivity index (χ2v) is 7.39. The quantitative estimate of drug-likeness (QED) is 0.266. The molecule has 1 fully saturated rings. The Morgan fingerprint density at radius 1 is 1.23 bits per heavy atom. The van der Waals surface area contributed by atoms with Crippen LogP contribution in [0, 0.1) is 0 Å². The van der Waals surface area contributed by atoms with Gasteiger partial charge in [-0.2, -0.15) is 12.6 Å². The number of thiol groups is 1. The van der Waals surface area contributed by atoms with E-state index in [-0.39, 0.29) is 23.8 Å². The summed E-state index contributed by atoms with van der Waals surface area (Å²) in [6.45, 7) is -0.198. The van der Waals surface area contributed by atoms with Gasteiger partial charge in [0.15, 0.2) is 0 Å². The van der Waals surface area contributed by atoms with Crippen LogP contribution >= 0.6 is 12.6 Å². The van der Waals surface area contributed by atoms with Crippen molar-refractivity contribution in [1.29, 1.82) is 0 Å². The Hall–Kier alpha value is -2.79. The minimum absolute atomic E-state index is 0.0295. The van der Waals surface area contributed by atoms with E-state index >= 15 is 0 Å². The lowest BCUT2D eigenvalue weighted by Crippen LogP contribution is -2.56. The summed E-state index contributed by atoms with van der Waals surface area (Å²) in [6, 6.07) is 3.70. The molecule has 3 unspecified atom stereocenters. The summed E-state index contributed by atoms with van der Waals surface area (Å²) in [7, 11) is 0. The van der Waals surface area contributed by atoms with E-state index in [9.17, 15) is 24.3 Å². The molecule has 3 amide bonds. The molecule has 0 aliphatic carbocycles. The first-order chi connectivity index (χ1) is 14.2. The summed E-state index contributed by atoms with van der Waals surface area (Å²) in [6.07, 6.45) is 1.30. The third kappa shape index (κ3) is 6.36. The molecule has 10 nitrogen and oxygen atoms in total. The third-order valence-corrected chi connectivity index (χ3v) is 5.14. The molecule has 1 aliphatic rings. The number of carbonyl (C=O) groups excluding carboxylic acids is 3. The number of nitrogens with zero attached hydrogens (tertiary/aromatic N) is 1. The zero-order valence-electron chi connectivity index (χ0n) is 16.3. The first-order valence-electron chi connectivity index (χ1n) is 9.47. The molecule has 30 heavy (non-hydrogen) atoms. The Kier molecular flexibility index (Phi) is 8.48. The van der Waals surface area contributed by atoms with Crippen LogP contribution in [0.2, 0.25) is 0 Å². The van der Waals surface area contributed by atoms with Crippen molar-refractivity contribution in [3.63, 3.8) is 0 Å². The molecule has 0 aromatic heterocycles. The van der Waals surface area contributed by atoms with E-state index in [2.05, 4.69) is 23.3 Å². The first-order valence-corrected chi connectivity index (χ1v) is 10.1. The number of hydrogen-bond acceptors (Lipinski definition) is 7. The van der Waals surface area contributed by atoms with Crippen LogP contribution in [0.15, 0.2) is 24.3 Å². The Bertz CT molecular complexity index is 788. The minimum Gasteiger partial charge on any atom is -0.508 e. The predicted octanol–water partition coefficient (Wildman–Crippen LogP) is -1.13. The van der Waals surface area contributed by atoms with Gasteiger partial charge in [-0.25, -0.2) is 0 Å². The smallest absolute Gasteiger partial charge is 0.322 e. The Morgan fingerprint density at radius 3 is 2.50 bits per heavy atom. The van der Waals surface area contributed by atoms with Gasteiger partial charge in [0.05, 0.1) is 6.04 Å². The molecule has 0 radical (unpaired) electrons. The highest BCUT2D eigenvalue weighted by Gasteiger charge is 2.37. The number of phenolic OH excluding ortho intramolecular Hbond substituents is 1. The van der Waals surface area contributed by atoms with Crippen LogP contribution in [-0.2, 0) is 25.6 Å². The molecule has 3 atom stereocenters. The Morgan fingerprint density at radius 2 is 1.90 bits per heavy atom. The van der Waals surface area contributed by atoms with Gasteiger partial charge in [-0.1, -0.05) is 12.1 Å². The Balaban J connectivity index is 1.98. The van der Waals surface area contributed by atoms with E-state index in [1.807, 2.05) is 0 Å². The van der Waals surface area contributed by atoms with Crippen molar-refractivity contribution < 1.29 is 29.4 Å².